The summed E-state index contributed by atoms with van der Waals surface area (Å²) in [6.45, 7) is 0. The highest BCUT2D eigenvalue weighted by Crippen LogP contribution is 2.33. The van der Waals surface area contributed by atoms with Gasteiger partial charge in [0.2, 0.25) is 5.28 Å². The van der Waals surface area contributed by atoms with Crippen LogP contribution in [0.4, 0.5) is 0 Å². The molecule has 4 rings (SSSR count). The Morgan fingerprint density at radius 3 is 2.95 bits per heavy atom. The molecule has 1 aliphatic rings. The number of ether oxygens (including phenoxy) is 1. The predicted molar refractivity (Wildman–Crippen MR) is 79.8 cm³/mol. The van der Waals surface area contributed by atoms with E-state index in [1.165, 1.54) is 5.56 Å². The summed E-state index contributed by atoms with van der Waals surface area (Å²) in [5.74, 6) is 0.891. The van der Waals surface area contributed by atoms with Crippen molar-refractivity contribution in [1.29, 1.82) is 0 Å². The van der Waals surface area contributed by atoms with Crippen molar-refractivity contribution < 1.29 is 4.74 Å². The topological polar surface area (TPSA) is 52.8 Å². The minimum atomic E-state index is -0.174. The lowest BCUT2D eigenvalue weighted by Crippen LogP contribution is -2.20. The van der Waals surface area contributed by atoms with Crippen molar-refractivity contribution >= 4 is 34.4 Å². The van der Waals surface area contributed by atoms with Crippen molar-refractivity contribution in [2.45, 2.75) is 19.1 Å². The molecule has 0 saturated heterocycles. The Hall–Kier alpha value is -1.85. The van der Waals surface area contributed by atoms with E-state index in [-0.39, 0.29) is 16.7 Å². The quantitative estimate of drug-likeness (QED) is 0.507. The van der Waals surface area contributed by atoms with Gasteiger partial charge >= 0.3 is 0 Å². The summed E-state index contributed by atoms with van der Waals surface area (Å²) >= 11 is 11.9. The average molecular weight is 321 g/mol. The minimum absolute atomic E-state index is 0.102. The van der Waals surface area contributed by atoms with E-state index in [9.17, 15) is 0 Å². The predicted octanol–water partition coefficient (Wildman–Crippen LogP) is 3.66. The van der Waals surface area contributed by atoms with Crippen LogP contribution in [0.3, 0.4) is 0 Å². The van der Waals surface area contributed by atoms with Gasteiger partial charge in [-0.05, 0) is 29.7 Å². The van der Waals surface area contributed by atoms with Crippen LogP contribution >= 0.6 is 23.2 Å². The molecule has 5 nitrogen and oxygen atoms in total. The molecule has 7 heteroatoms. The highest BCUT2D eigenvalue weighted by molar-refractivity contribution is 6.35. The Labute approximate surface area is 130 Å². The second-order valence-electron chi connectivity index (χ2n) is 4.83. The number of halogens is 2. The van der Waals surface area contributed by atoms with Gasteiger partial charge in [-0.2, -0.15) is 4.98 Å². The van der Waals surface area contributed by atoms with E-state index in [1.807, 2.05) is 22.8 Å². The molecule has 0 bridgehead atoms. The molecular weight excluding hydrogens is 311 g/mol. The van der Waals surface area contributed by atoms with Crippen molar-refractivity contribution in [2.24, 2.45) is 0 Å². The second-order valence-corrected chi connectivity index (χ2v) is 5.52. The number of rotatable bonds is 1. The first-order chi connectivity index (χ1) is 10.2. The van der Waals surface area contributed by atoms with Crippen molar-refractivity contribution in [1.82, 2.24) is 19.5 Å². The molecule has 0 aliphatic carbocycles. The molecule has 3 heterocycles. The Bertz CT molecular complexity index is 833. The number of nitrogens with zero attached hydrogens (tertiary/aromatic N) is 4. The van der Waals surface area contributed by atoms with Crippen LogP contribution in [0.2, 0.25) is 10.4 Å². The number of para-hydroxylation sites is 1. The first-order valence-corrected chi connectivity index (χ1v) is 7.28. The SMILES string of the molecule is Clc1nc(Cl)c2ncn(C3CCc4ccccc4O3)c2n1. The number of fused-ring (bicyclic) bond motifs is 2. The third-order valence-corrected chi connectivity index (χ3v) is 3.99. The summed E-state index contributed by atoms with van der Waals surface area (Å²) in [6.07, 6.45) is 3.27. The highest BCUT2D eigenvalue weighted by Gasteiger charge is 2.23. The maximum absolute atomic E-state index is 6.04. The Morgan fingerprint density at radius 2 is 2.05 bits per heavy atom. The van der Waals surface area contributed by atoms with E-state index in [0.717, 1.165) is 18.6 Å². The van der Waals surface area contributed by atoms with E-state index in [2.05, 4.69) is 21.0 Å². The summed E-state index contributed by atoms with van der Waals surface area (Å²) in [5, 5.41) is 0.352. The molecule has 1 aromatic carbocycles. The first-order valence-electron chi connectivity index (χ1n) is 6.52. The van der Waals surface area contributed by atoms with Gasteiger partial charge in [-0.3, -0.25) is 4.57 Å². The fourth-order valence-electron chi connectivity index (χ4n) is 2.57. The molecular formula is C14H10Cl2N4O. The molecule has 0 radical (unpaired) electrons. The van der Waals surface area contributed by atoms with E-state index in [4.69, 9.17) is 27.9 Å². The summed E-state index contributed by atoms with van der Waals surface area (Å²) in [4.78, 5) is 12.4. The molecule has 0 spiro atoms. The van der Waals surface area contributed by atoms with Crippen LogP contribution in [-0.4, -0.2) is 19.5 Å². The molecule has 0 fully saturated rings. The molecule has 2 aromatic heterocycles. The van der Waals surface area contributed by atoms with Crippen molar-refractivity contribution in [3.8, 4) is 5.75 Å². The van der Waals surface area contributed by atoms with Gasteiger partial charge in [0, 0.05) is 6.42 Å². The third kappa shape index (κ3) is 2.13. The molecule has 3 aromatic rings. The summed E-state index contributed by atoms with van der Waals surface area (Å²) in [7, 11) is 0. The Kier molecular flexibility index (Phi) is 2.97. The maximum atomic E-state index is 6.04. The van der Waals surface area contributed by atoms with Crippen LogP contribution in [0.1, 0.15) is 18.2 Å². The van der Waals surface area contributed by atoms with Crippen LogP contribution < -0.4 is 4.74 Å². The van der Waals surface area contributed by atoms with Gasteiger partial charge < -0.3 is 4.74 Å². The average Bonchev–Trinajstić information content (AvgIpc) is 2.91. The first kappa shape index (κ1) is 12.9. The molecule has 21 heavy (non-hydrogen) atoms. The smallest absolute Gasteiger partial charge is 0.225 e. The van der Waals surface area contributed by atoms with Crippen molar-refractivity contribution in [3.63, 3.8) is 0 Å². The monoisotopic (exact) mass is 320 g/mol. The lowest BCUT2D eigenvalue weighted by atomic mass is 10.1. The van der Waals surface area contributed by atoms with Gasteiger partial charge in [0.25, 0.3) is 0 Å². The number of hydrogen-bond donors (Lipinski definition) is 0. The second kappa shape index (κ2) is 4.86. The number of benzene rings is 1. The third-order valence-electron chi connectivity index (χ3n) is 3.56. The van der Waals surface area contributed by atoms with E-state index < -0.39 is 0 Å². The van der Waals surface area contributed by atoms with Gasteiger partial charge in [-0.15, -0.1) is 0 Å². The van der Waals surface area contributed by atoms with Gasteiger partial charge in [0.05, 0.1) is 0 Å². The van der Waals surface area contributed by atoms with Gasteiger partial charge in [0.1, 0.15) is 17.6 Å². The lowest BCUT2D eigenvalue weighted by Gasteiger charge is -2.26. The van der Waals surface area contributed by atoms with Gasteiger partial charge in [-0.1, -0.05) is 29.8 Å². The molecule has 0 N–H and O–H groups in total. The van der Waals surface area contributed by atoms with E-state index in [0.29, 0.717) is 11.2 Å². The normalized spacial score (nSPS) is 17.5. The number of aromatic nitrogens is 4. The Morgan fingerprint density at radius 1 is 1.19 bits per heavy atom. The van der Waals surface area contributed by atoms with E-state index >= 15 is 0 Å². The van der Waals surface area contributed by atoms with E-state index in [1.54, 1.807) is 6.33 Å². The minimum Gasteiger partial charge on any atom is -0.470 e. The summed E-state index contributed by atoms with van der Waals surface area (Å²) in [6, 6.07) is 8.02. The standard InChI is InChI=1S/C14H10Cl2N4O/c15-12-11-13(19-14(16)18-12)20(7-17-11)10-6-5-8-3-1-2-4-9(8)21-10/h1-4,7,10H,5-6H2. The highest BCUT2D eigenvalue weighted by atomic mass is 35.5. The van der Waals surface area contributed by atoms with Crippen LogP contribution in [0.15, 0.2) is 30.6 Å². The van der Waals surface area contributed by atoms with Crippen LogP contribution in [0.5, 0.6) is 5.75 Å². The van der Waals surface area contributed by atoms with Crippen LogP contribution in [0, 0.1) is 0 Å². The van der Waals surface area contributed by atoms with Gasteiger partial charge in [-0.25, -0.2) is 9.97 Å². The van der Waals surface area contributed by atoms with Crippen molar-refractivity contribution in [3.05, 3.63) is 46.6 Å². The van der Waals surface area contributed by atoms with Crippen LogP contribution in [0.25, 0.3) is 11.2 Å². The maximum Gasteiger partial charge on any atom is 0.225 e. The van der Waals surface area contributed by atoms with Crippen LogP contribution in [-0.2, 0) is 6.42 Å². The fraction of sp³-hybridized carbons (Fsp3) is 0.214. The fourth-order valence-corrected chi connectivity index (χ4v) is 2.99. The zero-order valence-corrected chi connectivity index (χ0v) is 12.3. The van der Waals surface area contributed by atoms with Gasteiger partial charge in [0.15, 0.2) is 17.0 Å². The summed E-state index contributed by atoms with van der Waals surface area (Å²) in [5.41, 5.74) is 2.33. The lowest BCUT2D eigenvalue weighted by molar-refractivity contribution is 0.110. The molecule has 1 unspecified atom stereocenters. The largest absolute Gasteiger partial charge is 0.470 e. The zero-order valence-electron chi connectivity index (χ0n) is 10.8. The zero-order chi connectivity index (χ0) is 14.4. The molecule has 106 valence electrons. The van der Waals surface area contributed by atoms with Crippen molar-refractivity contribution in [2.75, 3.05) is 0 Å². The summed E-state index contributed by atoms with van der Waals surface area (Å²) < 4.78 is 7.89. The molecule has 0 saturated carbocycles. The molecule has 1 aliphatic heterocycles. The number of imidazole rings is 1. The Balaban J connectivity index is 1.78. The number of hydrogen-bond acceptors (Lipinski definition) is 4. The molecule has 0 amide bonds. The molecule has 1 atom stereocenters. The number of aryl methyl sites for hydroxylation is 1.